The average molecular weight is 240 g/mol. The van der Waals surface area contributed by atoms with Crippen molar-refractivity contribution < 1.29 is 0 Å². The zero-order chi connectivity index (χ0) is 11.1. The van der Waals surface area contributed by atoms with Crippen molar-refractivity contribution in [1.82, 2.24) is 9.55 Å². The number of nitrogens with zero attached hydrogens (tertiary/aromatic N) is 2. The Morgan fingerprint density at radius 2 is 2.19 bits per heavy atom. The lowest BCUT2D eigenvalue weighted by molar-refractivity contribution is 0.349. The van der Waals surface area contributed by atoms with Crippen molar-refractivity contribution in [3.8, 4) is 0 Å². The van der Waals surface area contributed by atoms with E-state index in [2.05, 4.69) is 4.57 Å². The average Bonchev–Trinajstić information content (AvgIpc) is 3.07. The van der Waals surface area contributed by atoms with Gasteiger partial charge in [0, 0.05) is 18.9 Å². The molecule has 3 nitrogen and oxygen atoms in total. The molecule has 1 unspecified atom stereocenters. The molecule has 0 amide bonds. The molecule has 0 saturated heterocycles. The number of nitrogens with two attached hydrogens (primary N) is 1. The minimum absolute atomic E-state index is 0.651. The molecular weight excluding hydrogens is 222 g/mol. The van der Waals surface area contributed by atoms with Gasteiger partial charge in [-0.05, 0) is 38.1 Å². The van der Waals surface area contributed by atoms with Gasteiger partial charge in [-0.3, -0.25) is 0 Å². The Kier molecular flexibility index (Phi) is 2.68. The maximum atomic E-state index is 6.41. The summed E-state index contributed by atoms with van der Waals surface area (Å²) in [4.78, 5) is 4.71. The van der Waals surface area contributed by atoms with Gasteiger partial charge in [0.2, 0.25) is 0 Å². The quantitative estimate of drug-likeness (QED) is 0.880. The Labute approximate surface area is 101 Å². The molecule has 4 heteroatoms. The van der Waals surface area contributed by atoms with E-state index in [4.69, 9.17) is 22.3 Å². The number of aromatic nitrogens is 2. The summed E-state index contributed by atoms with van der Waals surface area (Å²) in [7, 11) is 0. The zero-order valence-electron chi connectivity index (χ0n) is 9.45. The molecule has 1 aromatic heterocycles. The Hall–Kier alpha value is -0.540. The molecule has 1 aliphatic carbocycles. The van der Waals surface area contributed by atoms with Crippen molar-refractivity contribution in [1.29, 1.82) is 0 Å². The van der Waals surface area contributed by atoms with Gasteiger partial charge in [0.15, 0.2) is 0 Å². The molecule has 0 aromatic carbocycles. The molecule has 2 heterocycles. The highest BCUT2D eigenvalue weighted by Crippen LogP contribution is 2.43. The summed E-state index contributed by atoms with van der Waals surface area (Å²) >= 11 is 6.41. The Balaban J connectivity index is 1.85. The van der Waals surface area contributed by atoms with Crippen LogP contribution in [0.5, 0.6) is 0 Å². The van der Waals surface area contributed by atoms with Crippen LogP contribution in [0.15, 0.2) is 0 Å². The van der Waals surface area contributed by atoms with Crippen LogP contribution in [-0.4, -0.2) is 16.1 Å². The Bertz CT molecular complexity index is 395. The number of fused-ring (bicyclic) bond motifs is 1. The molecule has 1 saturated carbocycles. The first-order chi connectivity index (χ1) is 7.79. The van der Waals surface area contributed by atoms with Crippen molar-refractivity contribution in [2.45, 2.75) is 44.6 Å². The molecule has 88 valence electrons. The molecule has 1 fully saturated rings. The zero-order valence-corrected chi connectivity index (χ0v) is 10.2. The monoisotopic (exact) mass is 239 g/mol. The smallest absolute Gasteiger partial charge is 0.132 e. The Morgan fingerprint density at radius 3 is 2.88 bits per heavy atom. The summed E-state index contributed by atoms with van der Waals surface area (Å²) in [5.74, 6) is 2.54. The van der Waals surface area contributed by atoms with Crippen LogP contribution in [0.1, 0.15) is 43.1 Å². The molecule has 3 rings (SSSR count). The fraction of sp³-hybridized carbons (Fsp3) is 0.750. The molecule has 1 atom stereocenters. The Morgan fingerprint density at radius 1 is 1.38 bits per heavy atom. The van der Waals surface area contributed by atoms with Crippen molar-refractivity contribution in [3.05, 3.63) is 16.7 Å². The molecule has 1 aliphatic heterocycles. The summed E-state index contributed by atoms with van der Waals surface area (Å²) < 4.78 is 2.22. The van der Waals surface area contributed by atoms with E-state index in [0.29, 0.717) is 11.8 Å². The van der Waals surface area contributed by atoms with E-state index >= 15 is 0 Å². The normalized spacial score (nSPS) is 24.5. The van der Waals surface area contributed by atoms with E-state index < -0.39 is 0 Å². The van der Waals surface area contributed by atoms with E-state index in [1.54, 1.807) is 0 Å². The number of hydrogen-bond donors (Lipinski definition) is 1. The lowest BCUT2D eigenvalue weighted by Gasteiger charge is -2.23. The minimum atomic E-state index is 0.651. The van der Waals surface area contributed by atoms with Crippen molar-refractivity contribution in [2.75, 3.05) is 6.54 Å². The standard InChI is InChI=1S/C12H18ClN3/c13-12-11(9-2-3-9)15-10-4-1-8(5-6-14)7-16(10)12/h8-9H,1-7,14H2. The maximum absolute atomic E-state index is 6.41. The predicted octanol–water partition coefficient (Wildman–Crippen LogP) is 2.33. The van der Waals surface area contributed by atoms with Crippen LogP contribution < -0.4 is 5.73 Å². The fourth-order valence-corrected chi connectivity index (χ4v) is 3.01. The highest BCUT2D eigenvalue weighted by Gasteiger charge is 2.32. The van der Waals surface area contributed by atoms with Gasteiger partial charge in [0.05, 0.1) is 5.69 Å². The highest BCUT2D eigenvalue weighted by molar-refractivity contribution is 6.30. The van der Waals surface area contributed by atoms with E-state index in [1.165, 1.54) is 25.1 Å². The number of hydrogen-bond acceptors (Lipinski definition) is 2. The maximum Gasteiger partial charge on any atom is 0.132 e. The van der Waals surface area contributed by atoms with Crippen molar-refractivity contribution >= 4 is 11.6 Å². The molecule has 16 heavy (non-hydrogen) atoms. The summed E-state index contributed by atoms with van der Waals surface area (Å²) in [5.41, 5.74) is 6.78. The second kappa shape index (κ2) is 4.04. The first-order valence-corrected chi connectivity index (χ1v) is 6.62. The fourth-order valence-electron chi connectivity index (χ4n) is 2.64. The van der Waals surface area contributed by atoms with Crippen LogP contribution in [-0.2, 0) is 13.0 Å². The molecule has 1 aromatic rings. The van der Waals surface area contributed by atoms with Gasteiger partial charge in [-0.25, -0.2) is 4.98 Å². The summed E-state index contributed by atoms with van der Waals surface area (Å²) in [6, 6.07) is 0. The molecular formula is C12H18ClN3. The van der Waals surface area contributed by atoms with Crippen molar-refractivity contribution in [3.63, 3.8) is 0 Å². The third kappa shape index (κ3) is 1.76. The largest absolute Gasteiger partial charge is 0.330 e. The van der Waals surface area contributed by atoms with Gasteiger partial charge in [0.1, 0.15) is 11.0 Å². The van der Waals surface area contributed by atoms with Crippen LogP contribution in [0.4, 0.5) is 0 Å². The number of imidazole rings is 1. The van der Waals surface area contributed by atoms with Gasteiger partial charge in [-0.2, -0.15) is 0 Å². The molecule has 0 bridgehead atoms. The lowest BCUT2D eigenvalue weighted by Crippen LogP contribution is -2.22. The van der Waals surface area contributed by atoms with Gasteiger partial charge in [0.25, 0.3) is 0 Å². The molecule has 0 spiro atoms. The first-order valence-electron chi connectivity index (χ1n) is 6.24. The van der Waals surface area contributed by atoms with E-state index in [-0.39, 0.29) is 0 Å². The van der Waals surface area contributed by atoms with Gasteiger partial charge < -0.3 is 10.3 Å². The van der Waals surface area contributed by atoms with Gasteiger partial charge in [-0.1, -0.05) is 11.6 Å². The second-order valence-electron chi connectivity index (χ2n) is 5.07. The topological polar surface area (TPSA) is 43.8 Å². The number of halogens is 1. The third-order valence-corrected chi connectivity index (χ3v) is 4.16. The van der Waals surface area contributed by atoms with Crippen molar-refractivity contribution in [2.24, 2.45) is 11.7 Å². The molecule has 0 radical (unpaired) electrons. The van der Waals surface area contributed by atoms with Crippen LogP contribution in [0.25, 0.3) is 0 Å². The van der Waals surface area contributed by atoms with E-state index in [1.807, 2.05) is 0 Å². The van der Waals surface area contributed by atoms with Crippen LogP contribution in [0.3, 0.4) is 0 Å². The van der Waals surface area contributed by atoms with Gasteiger partial charge in [-0.15, -0.1) is 0 Å². The predicted molar refractivity (Wildman–Crippen MR) is 64.7 cm³/mol. The van der Waals surface area contributed by atoms with Crippen LogP contribution in [0.2, 0.25) is 5.15 Å². The highest BCUT2D eigenvalue weighted by atomic mass is 35.5. The van der Waals surface area contributed by atoms with E-state index in [9.17, 15) is 0 Å². The number of rotatable bonds is 3. The van der Waals surface area contributed by atoms with E-state index in [0.717, 1.165) is 36.8 Å². The number of aryl methyl sites for hydroxylation is 1. The summed E-state index contributed by atoms with van der Waals surface area (Å²) in [6.45, 7) is 1.80. The summed E-state index contributed by atoms with van der Waals surface area (Å²) in [5, 5.41) is 0.902. The molecule has 2 N–H and O–H groups in total. The third-order valence-electron chi connectivity index (χ3n) is 3.77. The van der Waals surface area contributed by atoms with Crippen LogP contribution >= 0.6 is 11.6 Å². The molecule has 2 aliphatic rings. The first kappa shape index (κ1) is 10.6. The second-order valence-corrected chi connectivity index (χ2v) is 5.43. The minimum Gasteiger partial charge on any atom is -0.330 e. The summed E-state index contributed by atoms with van der Waals surface area (Å²) in [6.07, 6.45) is 5.92. The van der Waals surface area contributed by atoms with Crippen LogP contribution in [0, 0.1) is 5.92 Å². The van der Waals surface area contributed by atoms with Gasteiger partial charge >= 0.3 is 0 Å². The lowest BCUT2D eigenvalue weighted by atomic mass is 9.96. The SMILES string of the molecule is NCCC1CCc2nc(C3CC3)c(Cl)n2C1.